The van der Waals surface area contributed by atoms with Gasteiger partial charge in [-0.15, -0.1) is 0 Å². The van der Waals surface area contributed by atoms with Crippen molar-refractivity contribution in [3.63, 3.8) is 0 Å². The monoisotopic (exact) mass is 355 g/mol. The number of rotatable bonds is 5. The van der Waals surface area contributed by atoms with E-state index < -0.39 is 0 Å². The van der Waals surface area contributed by atoms with Crippen molar-refractivity contribution in [3.05, 3.63) is 38.3 Å². The molecule has 5 nitrogen and oxygen atoms in total. The molecule has 0 saturated carbocycles. The molecule has 1 aromatic rings. The number of nitrogens with zero attached hydrogens (tertiary/aromatic N) is 3. The molecule has 0 aromatic heterocycles. The van der Waals surface area contributed by atoms with Crippen LogP contribution in [0, 0.1) is 10.1 Å². The Morgan fingerprint density at radius 3 is 2.57 bits per heavy atom. The van der Waals surface area contributed by atoms with Gasteiger partial charge in [0.2, 0.25) is 0 Å². The Morgan fingerprint density at radius 2 is 2.00 bits per heavy atom. The van der Waals surface area contributed by atoms with E-state index in [0.717, 1.165) is 38.3 Å². The largest absolute Gasteiger partial charge is 0.298 e. The zero-order valence-electron chi connectivity index (χ0n) is 12.6. The van der Waals surface area contributed by atoms with E-state index in [1.54, 1.807) is 6.07 Å². The summed E-state index contributed by atoms with van der Waals surface area (Å²) in [4.78, 5) is 15.5. The van der Waals surface area contributed by atoms with Gasteiger partial charge in [0.15, 0.2) is 0 Å². The van der Waals surface area contributed by atoms with Gasteiger partial charge in [0.1, 0.15) is 0 Å². The van der Waals surface area contributed by atoms with Crippen LogP contribution in [0.4, 0.5) is 5.69 Å². The van der Waals surface area contributed by atoms with E-state index in [4.69, 9.17) is 0 Å². The fraction of sp³-hybridized carbons (Fsp3) is 0.600. The van der Waals surface area contributed by atoms with Crippen molar-refractivity contribution in [1.29, 1.82) is 0 Å². The summed E-state index contributed by atoms with van der Waals surface area (Å²) in [5.74, 6) is 0. The summed E-state index contributed by atoms with van der Waals surface area (Å²) in [5.41, 5.74) is 1.13. The van der Waals surface area contributed by atoms with Gasteiger partial charge in [0, 0.05) is 44.8 Å². The molecule has 116 valence electrons. The number of hydrogen-bond acceptors (Lipinski definition) is 4. The molecule has 0 N–H and O–H groups in total. The normalized spacial score (nSPS) is 18.6. The summed E-state index contributed by atoms with van der Waals surface area (Å²) < 4.78 is 0.611. The van der Waals surface area contributed by atoms with E-state index in [-0.39, 0.29) is 10.6 Å². The maximum absolute atomic E-state index is 11.0. The van der Waals surface area contributed by atoms with Crippen LogP contribution in [-0.4, -0.2) is 46.9 Å². The molecule has 1 saturated heterocycles. The zero-order chi connectivity index (χ0) is 15.4. The first-order valence-electron chi connectivity index (χ1n) is 7.41. The summed E-state index contributed by atoms with van der Waals surface area (Å²) in [6.45, 7) is 9.42. The molecule has 1 unspecified atom stereocenters. The highest BCUT2D eigenvalue weighted by molar-refractivity contribution is 9.10. The Balaban J connectivity index is 1.98. The van der Waals surface area contributed by atoms with Crippen molar-refractivity contribution < 1.29 is 4.92 Å². The predicted molar refractivity (Wildman–Crippen MR) is 87.4 cm³/mol. The smallest absolute Gasteiger partial charge is 0.283 e. The number of piperazine rings is 1. The van der Waals surface area contributed by atoms with Gasteiger partial charge in [-0.05, 0) is 34.8 Å². The van der Waals surface area contributed by atoms with E-state index in [2.05, 4.69) is 39.6 Å². The molecular weight excluding hydrogens is 334 g/mol. The highest BCUT2D eigenvalue weighted by Gasteiger charge is 2.22. The summed E-state index contributed by atoms with van der Waals surface area (Å²) in [6, 6.07) is 5.89. The Morgan fingerprint density at radius 1 is 1.33 bits per heavy atom. The second-order valence-corrected chi connectivity index (χ2v) is 6.37. The number of hydrogen-bond donors (Lipinski definition) is 0. The van der Waals surface area contributed by atoms with Gasteiger partial charge >= 0.3 is 0 Å². The minimum absolute atomic E-state index is 0.144. The van der Waals surface area contributed by atoms with Crippen LogP contribution < -0.4 is 0 Å². The summed E-state index contributed by atoms with van der Waals surface area (Å²) >= 11 is 3.38. The van der Waals surface area contributed by atoms with Crippen LogP contribution in [0.15, 0.2) is 22.7 Å². The van der Waals surface area contributed by atoms with Gasteiger partial charge in [-0.3, -0.25) is 19.9 Å². The second kappa shape index (κ2) is 7.33. The Labute approximate surface area is 134 Å². The Kier molecular flexibility index (Phi) is 5.72. The predicted octanol–water partition coefficient (Wildman–Crippen LogP) is 3.27. The van der Waals surface area contributed by atoms with Crippen molar-refractivity contribution in [2.24, 2.45) is 0 Å². The third-order valence-electron chi connectivity index (χ3n) is 4.27. The molecule has 0 aliphatic carbocycles. The fourth-order valence-corrected chi connectivity index (χ4v) is 3.23. The lowest BCUT2D eigenvalue weighted by Crippen LogP contribution is -2.49. The fourth-order valence-electron chi connectivity index (χ4n) is 2.69. The standard InChI is InChI=1S/C15H22BrN3O2/c1-3-12(2)18-9-7-17(8-10-18)11-13-5-4-6-14(15(13)16)19(20)21/h4-6,12H,3,7-11H2,1-2H3. The Bertz CT molecular complexity index is 502. The lowest BCUT2D eigenvalue weighted by Gasteiger charge is -2.37. The molecule has 1 aromatic carbocycles. The van der Waals surface area contributed by atoms with Crippen LogP contribution in [0.25, 0.3) is 0 Å². The molecule has 1 aliphatic heterocycles. The quantitative estimate of drug-likeness (QED) is 0.600. The average molecular weight is 356 g/mol. The summed E-state index contributed by atoms with van der Waals surface area (Å²) in [7, 11) is 0. The first kappa shape index (κ1) is 16.4. The second-order valence-electron chi connectivity index (χ2n) is 5.58. The highest BCUT2D eigenvalue weighted by Crippen LogP contribution is 2.29. The van der Waals surface area contributed by atoms with Gasteiger partial charge in [-0.2, -0.15) is 0 Å². The third kappa shape index (κ3) is 4.02. The third-order valence-corrected chi connectivity index (χ3v) is 5.19. The van der Waals surface area contributed by atoms with E-state index >= 15 is 0 Å². The lowest BCUT2D eigenvalue weighted by molar-refractivity contribution is -0.385. The van der Waals surface area contributed by atoms with Crippen molar-refractivity contribution in [1.82, 2.24) is 9.80 Å². The molecule has 0 bridgehead atoms. The highest BCUT2D eigenvalue weighted by atomic mass is 79.9. The van der Waals surface area contributed by atoms with E-state index in [9.17, 15) is 10.1 Å². The molecule has 1 atom stereocenters. The minimum Gasteiger partial charge on any atom is -0.298 e. The molecule has 0 radical (unpaired) electrons. The van der Waals surface area contributed by atoms with Gasteiger partial charge in [-0.1, -0.05) is 19.1 Å². The van der Waals surface area contributed by atoms with Crippen LogP contribution in [-0.2, 0) is 6.54 Å². The maximum Gasteiger partial charge on any atom is 0.283 e. The molecule has 6 heteroatoms. The summed E-state index contributed by atoms with van der Waals surface area (Å²) in [5, 5.41) is 11.0. The first-order valence-corrected chi connectivity index (χ1v) is 8.20. The van der Waals surface area contributed by atoms with Gasteiger partial charge in [0.05, 0.1) is 9.40 Å². The van der Waals surface area contributed by atoms with Gasteiger partial charge in [0.25, 0.3) is 5.69 Å². The SMILES string of the molecule is CCC(C)N1CCN(Cc2cccc([N+](=O)[O-])c2Br)CC1. The number of halogens is 1. The van der Waals surface area contributed by atoms with Gasteiger partial charge < -0.3 is 0 Å². The molecule has 1 fully saturated rings. The molecule has 1 aliphatic rings. The van der Waals surface area contributed by atoms with Crippen molar-refractivity contribution in [2.75, 3.05) is 26.2 Å². The molecule has 21 heavy (non-hydrogen) atoms. The molecule has 1 heterocycles. The van der Waals surface area contributed by atoms with Crippen LogP contribution >= 0.6 is 15.9 Å². The van der Waals surface area contributed by atoms with Crippen LogP contribution in [0.3, 0.4) is 0 Å². The lowest BCUT2D eigenvalue weighted by atomic mass is 10.1. The average Bonchev–Trinajstić information content (AvgIpc) is 2.49. The molecular formula is C15H22BrN3O2. The van der Waals surface area contributed by atoms with E-state index in [1.165, 1.54) is 12.5 Å². The van der Waals surface area contributed by atoms with Crippen molar-refractivity contribution in [3.8, 4) is 0 Å². The maximum atomic E-state index is 11.0. The van der Waals surface area contributed by atoms with Crippen molar-refractivity contribution >= 4 is 21.6 Å². The molecule has 2 rings (SSSR count). The van der Waals surface area contributed by atoms with Gasteiger partial charge in [-0.25, -0.2) is 0 Å². The first-order chi connectivity index (χ1) is 10.0. The topological polar surface area (TPSA) is 49.6 Å². The zero-order valence-corrected chi connectivity index (χ0v) is 14.2. The number of nitro benzene ring substituents is 1. The van der Waals surface area contributed by atoms with Crippen molar-refractivity contribution in [2.45, 2.75) is 32.9 Å². The number of nitro groups is 1. The molecule has 0 spiro atoms. The van der Waals surface area contributed by atoms with Crippen LogP contribution in [0.2, 0.25) is 0 Å². The number of benzene rings is 1. The van der Waals surface area contributed by atoms with E-state index in [1.807, 2.05) is 6.07 Å². The van der Waals surface area contributed by atoms with Crippen LogP contribution in [0.1, 0.15) is 25.8 Å². The van der Waals surface area contributed by atoms with E-state index in [0.29, 0.717) is 10.5 Å². The van der Waals surface area contributed by atoms with Crippen LogP contribution in [0.5, 0.6) is 0 Å². The minimum atomic E-state index is -0.339. The summed E-state index contributed by atoms with van der Waals surface area (Å²) in [6.07, 6.45) is 1.18. The molecule has 0 amide bonds. The Hall–Kier alpha value is -0.980.